The van der Waals surface area contributed by atoms with E-state index in [0.29, 0.717) is 12.5 Å². The fourth-order valence-corrected chi connectivity index (χ4v) is 5.47. The summed E-state index contributed by atoms with van der Waals surface area (Å²) < 4.78 is 13.8. The Kier molecular flexibility index (Phi) is 2.76. The zero-order valence-electron chi connectivity index (χ0n) is 13.4. The third-order valence-corrected chi connectivity index (χ3v) is 7.10. The first-order chi connectivity index (χ1) is 10.9. The predicted octanol–water partition coefficient (Wildman–Crippen LogP) is 2.87. The summed E-state index contributed by atoms with van der Waals surface area (Å²) in [4.78, 5) is 12.5. The van der Waals surface area contributed by atoms with E-state index in [1.165, 1.54) is 12.1 Å². The van der Waals surface area contributed by atoms with Crippen molar-refractivity contribution < 1.29 is 9.18 Å². The minimum atomic E-state index is -0.675. The molecular weight excluding hydrogens is 293 g/mol. The number of hydrogen-bond donors (Lipinski definition) is 1. The highest BCUT2D eigenvalue weighted by Gasteiger charge is 2.78. The molecule has 2 saturated carbocycles. The van der Waals surface area contributed by atoms with Crippen LogP contribution < -0.4 is 5.43 Å². The summed E-state index contributed by atoms with van der Waals surface area (Å²) in [5, 5.41) is 11.7. The van der Waals surface area contributed by atoms with Crippen molar-refractivity contribution >= 4 is 5.91 Å². The number of nitriles is 1. The fourth-order valence-electron chi connectivity index (χ4n) is 5.47. The summed E-state index contributed by atoms with van der Waals surface area (Å²) in [5.74, 6) is -0.485. The van der Waals surface area contributed by atoms with Gasteiger partial charge in [-0.05, 0) is 42.7 Å². The fraction of sp³-hybridized carbons (Fsp3) is 0.556. The van der Waals surface area contributed by atoms with Gasteiger partial charge < -0.3 is 0 Å². The van der Waals surface area contributed by atoms with Gasteiger partial charge in [-0.2, -0.15) is 10.3 Å². The van der Waals surface area contributed by atoms with E-state index >= 15 is 0 Å². The molecule has 0 unspecified atom stereocenters. The molecule has 120 valence electrons. The third kappa shape index (κ3) is 1.50. The highest BCUT2D eigenvalue weighted by atomic mass is 19.1. The van der Waals surface area contributed by atoms with Crippen LogP contribution in [0.15, 0.2) is 24.3 Å². The quantitative estimate of drug-likeness (QED) is 0.913. The number of benzene rings is 1. The lowest BCUT2D eigenvalue weighted by Crippen LogP contribution is -2.59. The Morgan fingerprint density at radius 2 is 2.17 bits per heavy atom. The molecule has 3 fully saturated rings. The molecule has 3 aliphatic rings. The van der Waals surface area contributed by atoms with Crippen LogP contribution in [0.2, 0.25) is 0 Å². The second-order valence-corrected chi connectivity index (χ2v) is 7.67. The number of rotatable bonds is 2. The lowest BCUT2D eigenvalue weighted by molar-refractivity contribution is 0.0238. The van der Waals surface area contributed by atoms with Crippen molar-refractivity contribution in [3.8, 4) is 6.07 Å². The summed E-state index contributed by atoms with van der Waals surface area (Å²) in [6, 6.07) is 8.44. The number of piperidine rings is 1. The lowest BCUT2D eigenvalue weighted by atomic mass is 9.66. The van der Waals surface area contributed by atoms with Crippen molar-refractivity contribution in [2.45, 2.75) is 38.6 Å². The van der Waals surface area contributed by atoms with Crippen LogP contribution in [0.1, 0.15) is 43.5 Å². The van der Waals surface area contributed by atoms with E-state index in [0.717, 1.165) is 19.3 Å². The molecule has 1 aromatic carbocycles. The minimum absolute atomic E-state index is 0.0174. The van der Waals surface area contributed by atoms with Gasteiger partial charge in [0.05, 0.1) is 11.6 Å². The van der Waals surface area contributed by atoms with Crippen LogP contribution in [0, 0.1) is 33.9 Å². The molecule has 1 amide bonds. The molecule has 4 atom stereocenters. The zero-order valence-corrected chi connectivity index (χ0v) is 13.4. The van der Waals surface area contributed by atoms with Crippen molar-refractivity contribution in [2.75, 3.05) is 6.54 Å². The summed E-state index contributed by atoms with van der Waals surface area (Å²) in [6.07, 6.45) is 2.95. The standard InChI is InChI=1S/C18H20FN3O/c1-16-11-22(21-15(23)13-5-3-4-6-14(13)19)18(10-20)9-12(16)7-8-17(16,18)2/h3-6,12H,7-9,11H2,1-2H3,(H,21,23)/t12-,16+,17-,18+/m1/s1. The van der Waals surface area contributed by atoms with Gasteiger partial charge in [-0.1, -0.05) is 26.0 Å². The number of carbonyl (C=O) groups is 1. The molecule has 4 rings (SSSR count). The van der Waals surface area contributed by atoms with Crippen LogP contribution in [-0.2, 0) is 0 Å². The highest BCUT2D eigenvalue weighted by molar-refractivity contribution is 5.94. The molecule has 1 heterocycles. The molecular formula is C18H20FN3O. The normalized spacial score (nSPS) is 41.0. The van der Waals surface area contributed by atoms with Crippen molar-refractivity contribution in [1.29, 1.82) is 5.26 Å². The molecule has 1 aliphatic heterocycles. The second-order valence-electron chi connectivity index (χ2n) is 7.67. The van der Waals surface area contributed by atoms with E-state index < -0.39 is 17.3 Å². The number of amides is 1. The Bertz CT molecular complexity index is 744. The first kappa shape index (κ1) is 14.6. The Balaban J connectivity index is 1.66. The van der Waals surface area contributed by atoms with E-state index in [-0.39, 0.29) is 16.4 Å². The van der Waals surface area contributed by atoms with Gasteiger partial charge in [0.2, 0.25) is 0 Å². The van der Waals surface area contributed by atoms with Crippen molar-refractivity contribution in [3.63, 3.8) is 0 Å². The maximum Gasteiger partial charge on any atom is 0.268 e. The van der Waals surface area contributed by atoms with E-state index in [4.69, 9.17) is 0 Å². The molecule has 2 aliphatic carbocycles. The summed E-state index contributed by atoms with van der Waals surface area (Å²) in [7, 11) is 0. The van der Waals surface area contributed by atoms with Gasteiger partial charge in [-0.15, -0.1) is 0 Å². The van der Waals surface area contributed by atoms with Crippen molar-refractivity contribution in [2.24, 2.45) is 16.7 Å². The van der Waals surface area contributed by atoms with E-state index in [9.17, 15) is 14.4 Å². The second kappa shape index (κ2) is 4.33. The first-order valence-corrected chi connectivity index (χ1v) is 8.12. The number of nitrogens with one attached hydrogen (secondary N) is 1. The number of carbonyl (C=O) groups excluding carboxylic acids is 1. The van der Waals surface area contributed by atoms with E-state index in [1.807, 2.05) is 0 Å². The monoisotopic (exact) mass is 313 g/mol. The largest absolute Gasteiger partial charge is 0.283 e. The molecule has 0 aromatic heterocycles. The van der Waals surface area contributed by atoms with Crippen LogP contribution in [0.5, 0.6) is 0 Å². The molecule has 1 N–H and O–H groups in total. The lowest BCUT2D eigenvalue weighted by Gasteiger charge is -2.42. The number of halogens is 1. The van der Waals surface area contributed by atoms with Gasteiger partial charge in [0.25, 0.3) is 5.91 Å². The molecule has 1 aromatic rings. The number of hydrogen-bond acceptors (Lipinski definition) is 3. The molecule has 1 saturated heterocycles. The Morgan fingerprint density at radius 1 is 1.43 bits per heavy atom. The van der Waals surface area contributed by atoms with E-state index in [2.05, 4.69) is 25.3 Å². The number of nitrogens with zero attached hydrogens (tertiary/aromatic N) is 2. The predicted molar refractivity (Wildman–Crippen MR) is 82.5 cm³/mol. The topological polar surface area (TPSA) is 56.1 Å². The minimum Gasteiger partial charge on any atom is -0.283 e. The van der Waals surface area contributed by atoms with Crippen molar-refractivity contribution in [3.05, 3.63) is 35.6 Å². The zero-order chi connectivity index (χ0) is 16.5. The van der Waals surface area contributed by atoms with Crippen LogP contribution in [0.4, 0.5) is 4.39 Å². The van der Waals surface area contributed by atoms with Crippen LogP contribution in [0.3, 0.4) is 0 Å². The SMILES string of the molecule is C[C@]12CC[C@@H]3C[C@@]1(C#N)N(NC(=O)c1ccccc1F)C[C@@]32C. The van der Waals surface area contributed by atoms with Crippen LogP contribution in [-0.4, -0.2) is 23.0 Å². The van der Waals surface area contributed by atoms with Gasteiger partial charge in [0, 0.05) is 12.0 Å². The van der Waals surface area contributed by atoms with E-state index in [1.54, 1.807) is 17.1 Å². The van der Waals surface area contributed by atoms with Gasteiger partial charge in [0.15, 0.2) is 0 Å². The Morgan fingerprint density at radius 3 is 2.83 bits per heavy atom. The molecule has 4 bridgehead atoms. The summed E-state index contributed by atoms with van der Waals surface area (Å²) >= 11 is 0. The van der Waals surface area contributed by atoms with Gasteiger partial charge in [-0.3, -0.25) is 10.2 Å². The van der Waals surface area contributed by atoms with Crippen molar-refractivity contribution in [1.82, 2.24) is 10.4 Å². The molecule has 23 heavy (non-hydrogen) atoms. The first-order valence-electron chi connectivity index (χ1n) is 8.12. The maximum atomic E-state index is 13.8. The molecule has 4 nitrogen and oxygen atoms in total. The smallest absolute Gasteiger partial charge is 0.268 e. The Hall–Kier alpha value is -1.93. The highest BCUT2D eigenvalue weighted by Crippen LogP contribution is 2.75. The summed E-state index contributed by atoms with van der Waals surface area (Å²) in [6.45, 7) is 5.07. The average Bonchev–Trinajstić information content (AvgIpc) is 2.96. The Labute approximate surface area is 135 Å². The summed E-state index contributed by atoms with van der Waals surface area (Å²) in [5.41, 5.74) is 2.08. The molecule has 0 spiro atoms. The molecule has 0 radical (unpaired) electrons. The van der Waals surface area contributed by atoms with Crippen LogP contribution in [0.25, 0.3) is 0 Å². The van der Waals surface area contributed by atoms with Gasteiger partial charge in [0.1, 0.15) is 11.4 Å². The third-order valence-electron chi connectivity index (χ3n) is 7.10. The van der Waals surface area contributed by atoms with Crippen LogP contribution >= 0.6 is 0 Å². The van der Waals surface area contributed by atoms with Gasteiger partial charge >= 0.3 is 0 Å². The molecule has 5 heteroatoms. The van der Waals surface area contributed by atoms with Gasteiger partial charge in [-0.25, -0.2) is 4.39 Å². The number of hydrazine groups is 1. The maximum absolute atomic E-state index is 13.8. The average molecular weight is 313 g/mol.